The molecular weight excluding hydrogens is 324 g/mol. The predicted octanol–water partition coefficient (Wildman–Crippen LogP) is 1.15. The fourth-order valence-corrected chi connectivity index (χ4v) is 4.20. The number of H-pyrrole nitrogens is 1. The van der Waals surface area contributed by atoms with Crippen LogP contribution in [0.2, 0.25) is 0 Å². The minimum atomic E-state index is -3.32. The lowest BCUT2D eigenvalue weighted by Crippen LogP contribution is -2.39. The van der Waals surface area contributed by atoms with Crippen molar-refractivity contribution < 1.29 is 13.2 Å². The van der Waals surface area contributed by atoms with Gasteiger partial charge in [-0.05, 0) is 6.92 Å². The molecular formula is C13H18N4O3S2. The maximum atomic E-state index is 11.9. The molecule has 22 heavy (non-hydrogen) atoms. The van der Waals surface area contributed by atoms with Gasteiger partial charge < -0.3 is 4.74 Å². The zero-order valence-electron chi connectivity index (χ0n) is 12.4. The summed E-state index contributed by atoms with van der Waals surface area (Å²) < 4.78 is 29.4. The topological polar surface area (TPSA) is 88.2 Å². The van der Waals surface area contributed by atoms with Gasteiger partial charge in [-0.1, -0.05) is 0 Å². The lowest BCUT2D eigenvalue weighted by molar-refractivity contribution is -0.0148. The van der Waals surface area contributed by atoms with Crippen LogP contribution in [0.15, 0.2) is 16.6 Å². The Morgan fingerprint density at radius 3 is 3.05 bits per heavy atom. The minimum absolute atomic E-state index is 0.150. The molecule has 9 heteroatoms. The summed E-state index contributed by atoms with van der Waals surface area (Å²) >= 11 is 1.61. The highest BCUT2D eigenvalue weighted by Crippen LogP contribution is 2.30. The summed E-state index contributed by atoms with van der Waals surface area (Å²) in [7, 11) is -3.32. The van der Waals surface area contributed by atoms with Gasteiger partial charge in [-0.15, -0.1) is 11.3 Å². The van der Waals surface area contributed by atoms with Gasteiger partial charge in [0, 0.05) is 24.2 Å². The molecule has 120 valence electrons. The Labute approximate surface area is 133 Å². The van der Waals surface area contributed by atoms with Crippen molar-refractivity contribution in [2.75, 3.05) is 26.0 Å². The second-order valence-corrected chi connectivity index (χ2v) is 8.27. The number of aryl methyl sites for hydroxylation is 1. The van der Waals surface area contributed by atoms with E-state index in [1.54, 1.807) is 11.3 Å². The molecule has 0 radical (unpaired) electrons. The molecule has 1 fully saturated rings. The number of rotatable bonds is 4. The lowest BCUT2D eigenvalue weighted by Gasteiger charge is -2.35. The maximum Gasteiger partial charge on any atom is 0.178 e. The maximum absolute atomic E-state index is 11.9. The van der Waals surface area contributed by atoms with Crippen molar-refractivity contribution in [2.24, 2.45) is 0 Å². The molecule has 0 spiro atoms. The molecule has 3 rings (SSSR count). The molecule has 1 unspecified atom stereocenters. The molecule has 0 bridgehead atoms. The van der Waals surface area contributed by atoms with Crippen molar-refractivity contribution in [1.82, 2.24) is 20.1 Å². The zero-order valence-corrected chi connectivity index (χ0v) is 14.1. The van der Waals surface area contributed by atoms with E-state index in [-0.39, 0.29) is 10.9 Å². The molecule has 7 nitrogen and oxygen atoms in total. The third-order valence-corrected chi connectivity index (χ3v) is 5.84. The summed E-state index contributed by atoms with van der Waals surface area (Å²) in [6.45, 7) is 4.54. The third kappa shape index (κ3) is 3.07. The van der Waals surface area contributed by atoms with E-state index in [1.807, 2.05) is 12.4 Å². The molecule has 2 aromatic rings. The summed E-state index contributed by atoms with van der Waals surface area (Å²) in [6, 6.07) is -0.150. The fourth-order valence-electron chi connectivity index (χ4n) is 2.57. The smallest absolute Gasteiger partial charge is 0.178 e. The highest BCUT2D eigenvalue weighted by Gasteiger charge is 2.31. The van der Waals surface area contributed by atoms with Crippen molar-refractivity contribution in [3.63, 3.8) is 0 Å². The summed E-state index contributed by atoms with van der Waals surface area (Å²) in [5.41, 5.74) is 3.45. The monoisotopic (exact) mass is 342 g/mol. The Morgan fingerprint density at radius 1 is 1.55 bits per heavy atom. The number of aromatic nitrogens is 3. The first-order valence-corrected chi connectivity index (χ1v) is 9.68. The summed E-state index contributed by atoms with van der Waals surface area (Å²) in [4.78, 5) is 7.92. The molecule has 1 atom stereocenters. The molecule has 1 N–H and O–H groups in total. The first-order chi connectivity index (χ1) is 10.5. The zero-order chi connectivity index (χ0) is 15.7. The van der Waals surface area contributed by atoms with Crippen molar-refractivity contribution >= 4 is 21.2 Å². The number of sulfone groups is 1. The number of morpholine rings is 1. The molecule has 1 saturated heterocycles. The Kier molecular flexibility index (Phi) is 4.31. The molecule has 1 aliphatic heterocycles. The standard InChI is InChI=1S/C13H18N4O3S2/c1-9-11(21-8-14-9)6-17-3-4-20-7-10(17)13-12(5-15-16-13)22(2,18)19/h5,8,10H,3-4,6-7H2,1-2H3,(H,15,16). The average molecular weight is 342 g/mol. The largest absolute Gasteiger partial charge is 0.378 e. The molecule has 1 aliphatic rings. The first kappa shape index (κ1) is 15.6. The van der Waals surface area contributed by atoms with Crippen LogP contribution < -0.4 is 0 Å². The normalized spacial score (nSPS) is 20.4. The van der Waals surface area contributed by atoms with E-state index >= 15 is 0 Å². The number of hydrogen-bond donors (Lipinski definition) is 1. The fraction of sp³-hybridized carbons (Fsp3) is 0.538. The Balaban J connectivity index is 1.90. The van der Waals surface area contributed by atoms with E-state index in [1.165, 1.54) is 17.3 Å². The van der Waals surface area contributed by atoms with Crippen LogP contribution in [-0.4, -0.2) is 54.5 Å². The molecule has 0 aromatic carbocycles. The summed E-state index contributed by atoms with van der Waals surface area (Å²) in [5.74, 6) is 0. The Hall–Kier alpha value is -1.29. The molecule has 0 aliphatic carbocycles. The van der Waals surface area contributed by atoms with Gasteiger partial charge in [0.1, 0.15) is 4.90 Å². The summed E-state index contributed by atoms with van der Waals surface area (Å²) in [6.07, 6.45) is 2.57. The van der Waals surface area contributed by atoms with E-state index in [2.05, 4.69) is 20.1 Å². The average Bonchev–Trinajstić information content (AvgIpc) is 3.09. The van der Waals surface area contributed by atoms with Crippen LogP contribution in [0.1, 0.15) is 22.3 Å². The summed E-state index contributed by atoms with van der Waals surface area (Å²) in [5, 5.41) is 6.76. The van der Waals surface area contributed by atoms with E-state index < -0.39 is 9.84 Å². The van der Waals surface area contributed by atoms with Gasteiger partial charge in [-0.25, -0.2) is 13.4 Å². The SMILES string of the molecule is Cc1ncsc1CN1CCOCC1c1[nH]ncc1S(C)(=O)=O. The number of hydrogen-bond acceptors (Lipinski definition) is 7. The van der Waals surface area contributed by atoms with Crippen LogP contribution in [0.3, 0.4) is 0 Å². The van der Waals surface area contributed by atoms with Crippen LogP contribution in [-0.2, 0) is 21.1 Å². The van der Waals surface area contributed by atoms with Crippen LogP contribution in [0.25, 0.3) is 0 Å². The van der Waals surface area contributed by atoms with Crippen molar-refractivity contribution in [3.8, 4) is 0 Å². The first-order valence-electron chi connectivity index (χ1n) is 6.91. The van der Waals surface area contributed by atoms with Crippen LogP contribution in [0.4, 0.5) is 0 Å². The number of nitrogens with one attached hydrogen (secondary N) is 1. The molecule has 3 heterocycles. The van der Waals surface area contributed by atoms with E-state index in [4.69, 9.17) is 4.74 Å². The minimum Gasteiger partial charge on any atom is -0.378 e. The van der Waals surface area contributed by atoms with Gasteiger partial charge in [-0.3, -0.25) is 10.00 Å². The Morgan fingerprint density at radius 2 is 2.36 bits per heavy atom. The predicted molar refractivity (Wildman–Crippen MR) is 82.5 cm³/mol. The number of thiazole rings is 1. The van der Waals surface area contributed by atoms with Gasteiger partial charge in [0.25, 0.3) is 0 Å². The van der Waals surface area contributed by atoms with Crippen LogP contribution in [0.5, 0.6) is 0 Å². The lowest BCUT2D eigenvalue weighted by atomic mass is 10.1. The molecule has 0 amide bonds. The second-order valence-electron chi connectivity index (χ2n) is 5.34. The van der Waals surface area contributed by atoms with Gasteiger partial charge >= 0.3 is 0 Å². The third-order valence-electron chi connectivity index (χ3n) is 3.80. The van der Waals surface area contributed by atoms with E-state index in [0.29, 0.717) is 18.9 Å². The van der Waals surface area contributed by atoms with E-state index in [9.17, 15) is 8.42 Å². The van der Waals surface area contributed by atoms with Gasteiger partial charge in [0.05, 0.1) is 42.4 Å². The molecule has 2 aromatic heterocycles. The van der Waals surface area contributed by atoms with Crippen LogP contribution in [0, 0.1) is 6.92 Å². The van der Waals surface area contributed by atoms with Gasteiger partial charge in [0.2, 0.25) is 0 Å². The highest BCUT2D eigenvalue weighted by atomic mass is 32.2. The number of nitrogens with zero attached hydrogens (tertiary/aromatic N) is 3. The van der Waals surface area contributed by atoms with Gasteiger partial charge in [-0.2, -0.15) is 5.10 Å². The van der Waals surface area contributed by atoms with E-state index in [0.717, 1.165) is 18.8 Å². The van der Waals surface area contributed by atoms with Crippen molar-refractivity contribution in [2.45, 2.75) is 24.4 Å². The number of ether oxygens (including phenoxy) is 1. The highest BCUT2D eigenvalue weighted by molar-refractivity contribution is 7.90. The number of aromatic amines is 1. The second kappa shape index (κ2) is 6.07. The Bertz CT molecular complexity index is 753. The van der Waals surface area contributed by atoms with Crippen LogP contribution >= 0.6 is 11.3 Å². The van der Waals surface area contributed by atoms with Crippen molar-refractivity contribution in [1.29, 1.82) is 0 Å². The molecule has 0 saturated carbocycles. The van der Waals surface area contributed by atoms with Gasteiger partial charge in [0.15, 0.2) is 9.84 Å². The van der Waals surface area contributed by atoms with Crippen molar-refractivity contribution in [3.05, 3.63) is 28.0 Å². The quantitative estimate of drug-likeness (QED) is 0.897.